The third-order valence-corrected chi connectivity index (χ3v) is 3.83. The topological polar surface area (TPSA) is 49.8 Å². The van der Waals surface area contributed by atoms with Gasteiger partial charge in [0.15, 0.2) is 0 Å². The molecule has 0 aromatic heterocycles. The van der Waals surface area contributed by atoms with Crippen LogP contribution in [0.4, 0.5) is 5.69 Å². The number of nitrogens with zero attached hydrogens (tertiary/aromatic N) is 1. The maximum Gasteiger partial charge on any atom is 0.328 e. The molecule has 0 saturated carbocycles. The molecule has 0 bridgehead atoms. The number of carbonyl (C=O) groups is 1. The molecule has 1 aliphatic rings. The molecule has 1 aromatic rings. The van der Waals surface area contributed by atoms with Crippen molar-refractivity contribution in [3.63, 3.8) is 0 Å². The van der Waals surface area contributed by atoms with Gasteiger partial charge in [0.25, 0.3) is 0 Å². The summed E-state index contributed by atoms with van der Waals surface area (Å²) in [6.07, 6.45) is 4.02. The highest BCUT2D eigenvalue weighted by Crippen LogP contribution is 2.28. The molecular weight excluding hydrogens is 322 g/mol. The average Bonchev–Trinajstić information content (AvgIpc) is 2.46. The Bertz CT molecular complexity index is 516. The van der Waals surface area contributed by atoms with E-state index in [4.69, 9.17) is 9.84 Å². The van der Waals surface area contributed by atoms with E-state index in [2.05, 4.69) is 27.8 Å². The van der Waals surface area contributed by atoms with Crippen LogP contribution in [0.5, 0.6) is 0 Å². The number of carboxylic acid groups (broad SMARTS) is 1. The molecule has 20 heavy (non-hydrogen) atoms. The molecule has 0 radical (unpaired) electrons. The summed E-state index contributed by atoms with van der Waals surface area (Å²) < 4.78 is 6.67. The monoisotopic (exact) mass is 339 g/mol. The van der Waals surface area contributed by atoms with Crippen LogP contribution in [-0.2, 0) is 9.53 Å². The lowest BCUT2D eigenvalue weighted by molar-refractivity contribution is -0.131. The SMILES string of the molecule is CCC1CN(c2cc(Br)ccc2/C=C/C(=O)O)CCO1. The van der Waals surface area contributed by atoms with E-state index in [1.54, 1.807) is 6.08 Å². The summed E-state index contributed by atoms with van der Waals surface area (Å²) in [4.78, 5) is 12.9. The first kappa shape index (κ1) is 15.1. The molecular formula is C15H18BrNO3. The highest BCUT2D eigenvalue weighted by atomic mass is 79.9. The zero-order chi connectivity index (χ0) is 14.5. The molecule has 0 spiro atoms. The number of halogens is 1. The molecule has 1 aromatic carbocycles. The van der Waals surface area contributed by atoms with Crippen LogP contribution in [0, 0.1) is 0 Å². The Kier molecular flexibility index (Phi) is 5.20. The summed E-state index contributed by atoms with van der Waals surface area (Å²) in [6, 6.07) is 5.87. The first-order chi connectivity index (χ1) is 9.60. The molecule has 5 heteroatoms. The normalized spacial score (nSPS) is 19.5. The molecule has 1 N–H and O–H groups in total. The number of hydrogen-bond acceptors (Lipinski definition) is 3. The van der Waals surface area contributed by atoms with E-state index in [0.29, 0.717) is 6.61 Å². The van der Waals surface area contributed by atoms with Gasteiger partial charge in [0.05, 0.1) is 12.7 Å². The van der Waals surface area contributed by atoms with Gasteiger partial charge in [-0.05, 0) is 30.2 Å². The molecule has 4 nitrogen and oxygen atoms in total. The second-order valence-corrected chi connectivity index (χ2v) is 5.64. The number of hydrogen-bond donors (Lipinski definition) is 1. The Morgan fingerprint density at radius 3 is 3.10 bits per heavy atom. The van der Waals surface area contributed by atoms with E-state index in [1.807, 2.05) is 18.2 Å². The number of aliphatic carboxylic acids is 1. The number of rotatable bonds is 4. The predicted molar refractivity (Wildman–Crippen MR) is 83.1 cm³/mol. The molecule has 1 fully saturated rings. The Morgan fingerprint density at radius 1 is 1.60 bits per heavy atom. The fourth-order valence-corrected chi connectivity index (χ4v) is 2.63. The summed E-state index contributed by atoms with van der Waals surface area (Å²) in [5.41, 5.74) is 1.95. The van der Waals surface area contributed by atoms with Crippen molar-refractivity contribution in [2.75, 3.05) is 24.6 Å². The summed E-state index contributed by atoms with van der Waals surface area (Å²) in [7, 11) is 0. The zero-order valence-electron chi connectivity index (χ0n) is 11.4. The maximum atomic E-state index is 10.7. The third-order valence-electron chi connectivity index (χ3n) is 3.33. The second kappa shape index (κ2) is 6.90. The highest BCUT2D eigenvalue weighted by Gasteiger charge is 2.20. The fourth-order valence-electron chi connectivity index (χ4n) is 2.28. The van der Waals surface area contributed by atoms with Gasteiger partial charge in [-0.1, -0.05) is 28.9 Å². The maximum absolute atomic E-state index is 10.7. The van der Waals surface area contributed by atoms with Crippen LogP contribution in [0.2, 0.25) is 0 Å². The number of carboxylic acids is 1. The average molecular weight is 340 g/mol. The third kappa shape index (κ3) is 3.84. The number of morpholine rings is 1. The van der Waals surface area contributed by atoms with Crippen molar-refractivity contribution in [3.8, 4) is 0 Å². The lowest BCUT2D eigenvalue weighted by Crippen LogP contribution is -2.42. The Morgan fingerprint density at radius 2 is 2.40 bits per heavy atom. The number of ether oxygens (including phenoxy) is 1. The van der Waals surface area contributed by atoms with Gasteiger partial charge in [-0.15, -0.1) is 0 Å². The minimum atomic E-state index is -0.938. The molecule has 0 aliphatic carbocycles. The summed E-state index contributed by atoms with van der Waals surface area (Å²) >= 11 is 3.48. The van der Waals surface area contributed by atoms with Crippen LogP contribution in [0.1, 0.15) is 18.9 Å². The van der Waals surface area contributed by atoms with Gasteiger partial charge in [0.1, 0.15) is 0 Å². The van der Waals surface area contributed by atoms with E-state index in [0.717, 1.165) is 35.2 Å². The second-order valence-electron chi connectivity index (χ2n) is 4.72. The summed E-state index contributed by atoms with van der Waals surface area (Å²) in [5.74, 6) is -0.938. The van der Waals surface area contributed by atoms with Crippen LogP contribution in [-0.4, -0.2) is 36.9 Å². The minimum Gasteiger partial charge on any atom is -0.478 e. The lowest BCUT2D eigenvalue weighted by atomic mass is 10.1. The van der Waals surface area contributed by atoms with Gasteiger partial charge in [0.2, 0.25) is 0 Å². The van der Waals surface area contributed by atoms with Gasteiger partial charge < -0.3 is 14.7 Å². The standard InChI is InChI=1S/C15H18BrNO3/c1-2-13-10-17(7-8-20-13)14-9-12(16)5-3-11(14)4-6-15(18)19/h3-6,9,13H,2,7-8,10H2,1H3,(H,18,19)/b6-4+. The Hall–Kier alpha value is -1.33. The summed E-state index contributed by atoms with van der Waals surface area (Å²) in [6.45, 7) is 4.47. The fraction of sp³-hybridized carbons (Fsp3) is 0.400. The first-order valence-electron chi connectivity index (χ1n) is 6.67. The van der Waals surface area contributed by atoms with Crippen molar-refractivity contribution in [2.24, 2.45) is 0 Å². The van der Waals surface area contributed by atoms with E-state index in [1.165, 1.54) is 6.08 Å². The molecule has 1 aliphatic heterocycles. The molecule has 2 rings (SSSR count). The van der Waals surface area contributed by atoms with E-state index in [9.17, 15) is 4.79 Å². The molecule has 1 atom stereocenters. The summed E-state index contributed by atoms with van der Waals surface area (Å²) in [5, 5.41) is 8.78. The zero-order valence-corrected chi connectivity index (χ0v) is 13.0. The van der Waals surface area contributed by atoms with Crippen LogP contribution < -0.4 is 4.90 Å². The van der Waals surface area contributed by atoms with Gasteiger partial charge in [-0.25, -0.2) is 4.79 Å². The highest BCUT2D eigenvalue weighted by molar-refractivity contribution is 9.10. The molecule has 1 saturated heterocycles. The molecule has 108 valence electrons. The van der Waals surface area contributed by atoms with Crippen molar-refractivity contribution in [1.82, 2.24) is 0 Å². The van der Waals surface area contributed by atoms with Crippen LogP contribution in [0.15, 0.2) is 28.7 Å². The largest absolute Gasteiger partial charge is 0.478 e. The number of anilines is 1. The van der Waals surface area contributed by atoms with Crippen LogP contribution in [0.25, 0.3) is 6.08 Å². The lowest BCUT2D eigenvalue weighted by Gasteiger charge is -2.35. The Balaban J connectivity index is 2.28. The van der Waals surface area contributed by atoms with Crippen molar-refractivity contribution >= 4 is 33.7 Å². The molecule has 1 unspecified atom stereocenters. The van der Waals surface area contributed by atoms with E-state index >= 15 is 0 Å². The van der Waals surface area contributed by atoms with Crippen LogP contribution in [0.3, 0.4) is 0 Å². The van der Waals surface area contributed by atoms with Crippen molar-refractivity contribution < 1.29 is 14.6 Å². The quantitative estimate of drug-likeness (QED) is 0.856. The first-order valence-corrected chi connectivity index (χ1v) is 7.46. The van der Waals surface area contributed by atoms with Crippen LogP contribution >= 0.6 is 15.9 Å². The minimum absolute atomic E-state index is 0.235. The molecule has 1 heterocycles. The Labute approximate surface area is 127 Å². The van der Waals surface area contributed by atoms with E-state index in [-0.39, 0.29) is 6.10 Å². The van der Waals surface area contributed by atoms with Crippen molar-refractivity contribution in [3.05, 3.63) is 34.3 Å². The van der Waals surface area contributed by atoms with Gasteiger partial charge in [-0.2, -0.15) is 0 Å². The number of benzene rings is 1. The molecule has 0 amide bonds. The smallest absolute Gasteiger partial charge is 0.328 e. The van der Waals surface area contributed by atoms with E-state index < -0.39 is 5.97 Å². The van der Waals surface area contributed by atoms with Gasteiger partial charge in [0, 0.05) is 29.3 Å². The van der Waals surface area contributed by atoms with Gasteiger partial charge in [-0.3, -0.25) is 0 Å². The van der Waals surface area contributed by atoms with Crippen molar-refractivity contribution in [1.29, 1.82) is 0 Å². The predicted octanol–water partition coefficient (Wildman–Crippen LogP) is 3.16. The van der Waals surface area contributed by atoms with Gasteiger partial charge >= 0.3 is 5.97 Å². The van der Waals surface area contributed by atoms with Crippen molar-refractivity contribution in [2.45, 2.75) is 19.4 Å².